The van der Waals surface area contributed by atoms with Crippen LogP contribution in [0.2, 0.25) is 0 Å². The molecule has 2 atom stereocenters. The molecule has 0 aliphatic heterocycles. The zero-order valence-electron chi connectivity index (χ0n) is 12.9. The summed E-state index contributed by atoms with van der Waals surface area (Å²) in [4.78, 5) is 34.2. The van der Waals surface area contributed by atoms with Crippen molar-refractivity contribution in [2.24, 2.45) is 11.3 Å². The molecule has 2 unspecified atom stereocenters. The van der Waals surface area contributed by atoms with E-state index in [0.717, 1.165) is 0 Å². The Bertz CT molecular complexity index is 361. The minimum Gasteiger partial charge on any atom is -0.481 e. The van der Waals surface area contributed by atoms with Gasteiger partial charge in [-0.15, -0.1) is 0 Å². The molecule has 0 aromatic rings. The number of carboxylic acids is 1. The first-order valence-corrected chi connectivity index (χ1v) is 6.88. The van der Waals surface area contributed by atoms with E-state index in [1.807, 2.05) is 6.92 Å². The van der Waals surface area contributed by atoms with Gasteiger partial charge in [-0.3, -0.25) is 14.4 Å². The summed E-state index contributed by atoms with van der Waals surface area (Å²) in [5.74, 6) is -1.47. The Labute approximate surface area is 120 Å². The third kappa shape index (κ3) is 7.11. The van der Waals surface area contributed by atoms with Crippen LogP contribution in [-0.2, 0) is 14.4 Å². The Morgan fingerprint density at radius 3 is 2.15 bits per heavy atom. The molecule has 0 aliphatic rings. The van der Waals surface area contributed by atoms with Gasteiger partial charge in [-0.25, -0.2) is 0 Å². The van der Waals surface area contributed by atoms with E-state index in [0.29, 0.717) is 13.0 Å². The third-order valence-electron chi connectivity index (χ3n) is 3.03. The summed E-state index contributed by atoms with van der Waals surface area (Å²) in [6.45, 7) is 9.10. The zero-order chi connectivity index (χ0) is 15.9. The van der Waals surface area contributed by atoms with Gasteiger partial charge in [-0.2, -0.15) is 0 Å². The Kier molecular flexibility index (Phi) is 7.24. The number of carboxylic acid groups (broad SMARTS) is 1. The molecule has 6 heteroatoms. The van der Waals surface area contributed by atoms with Crippen molar-refractivity contribution in [3.05, 3.63) is 0 Å². The van der Waals surface area contributed by atoms with Crippen LogP contribution >= 0.6 is 0 Å². The highest BCUT2D eigenvalue weighted by Crippen LogP contribution is 2.12. The van der Waals surface area contributed by atoms with Crippen LogP contribution in [0.5, 0.6) is 0 Å². The van der Waals surface area contributed by atoms with Crippen molar-refractivity contribution in [3.8, 4) is 0 Å². The quantitative estimate of drug-likeness (QED) is 0.654. The highest BCUT2D eigenvalue weighted by molar-refractivity contribution is 5.89. The molecule has 0 rings (SSSR count). The predicted octanol–water partition coefficient (Wildman–Crippen LogP) is 1.15. The van der Waals surface area contributed by atoms with E-state index in [9.17, 15) is 14.4 Å². The number of amides is 2. The molecule has 0 aromatic carbocycles. The summed E-state index contributed by atoms with van der Waals surface area (Å²) in [5.41, 5.74) is -0.552. The second kappa shape index (κ2) is 7.87. The van der Waals surface area contributed by atoms with Crippen molar-refractivity contribution in [1.29, 1.82) is 0 Å². The monoisotopic (exact) mass is 286 g/mol. The van der Waals surface area contributed by atoms with Gasteiger partial charge in [0.25, 0.3) is 0 Å². The molecule has 0 aliphatic carbocycles. The zero-order valence-corrected chi connectivity index (χ0v) is 12.9. The lowest BCUT2D eigenvalue weighted by Gasteiger charge is -2.22. The lowest BCUT2D eigenvalue weighted by atomic mass is 9.95. The molecular formula is C14H26N2O4. The summed E-state index contributed by atoms with van der Waals surface area (Å²) in [6.07, 6.45) is 0.703. The molecule has 0 saturated carbocycles. The van der Waals surface area contributed by atoms with Crippen LogP contribution < -0.4 is 10.6 Å². The topological polar surface area (TPSA) is 95.5 Å². The Morgan fingerprint density at radius 2 is 1.75 bits per heavy atom. The fourth-order valence-electron chi connectivity index (χ4n) is 1.48. The summed E-state index contributed by atoms with van der Waals surface area (Å²) < 4.78 is 0. The van der Waals surface area contributed by atoms with Gasteiger partial charge >= 0.3 is 5.97 Å². The van der Waals surface area contributed by atoms with Gasteiger partial charge in [-0.05, 0) is 12.8 Å². The maximum Gasteiger partial charge on any atom is 0.303 e. The Hall–Kier alpha value is -1.59. The smallest absolute Gasteiger partial charge is 0.303 e. The number of hydrogen-bond donors (Lipinski definition) is 3. The average Bonchev–Trinajstić information content (AvgIpc) is 2.32. The fraction of sp³-hybridized carbons (Fsp3) is 0.786. The van der Waals surface area contributed by atoms with Crippen molar-refractivity contribution in [3.63, 3.8) is 0 Å². The van der Waals surface area contributed by atoms with Gasteiger partial charge in [0.15, 0.2) is 0 Å². The van der Waals surface area contributed by atoms with Crippen LogP contribution in [-0.4, -0.2) is 35.5 Å². The molecule has 0 bridgehead atoms. The number of carbonyl (C=O) groups is 3. The molecule has 116 valence electrons. The first kappa shape index (κ1) is 18.4. The lowest BCUT2D eigenvalue weighted by Crippen LogP contribution is -2.49. The van der Waals surface area contributed by atoms with E-state index in [1.165, 1.54) is 0 Å². The molecule has 3 N–H and O–H groups in total. The van der Waals surface area contributed by atoms with Gasteiger partial charge in [0.2, 0.25) is 11.8 Å². The SMILES string of the molecule is CCC(CNC(=O)C(C)NC(=O)C(C)(C)C)CC(=O)O. The van der Waals surface area contributed by atoms with E-state index in [2.05, 4.69) is 10.6 Å². The van der Waals surface area contributed by atoms with Gasteiger partial charge in [0.05, 0.1) is 0 Å². The van der Waals surface area contributed by atoms with Gasteiger partial charge < -0.3 is 15.7 Å². The standard InChI is InChI=1S/C14H26N2O4/c1-6-10(7-11(17)18)8-15-12(19)9(2)16-13(20)14(3,4)5/h9-10H,6-8H2,1-5H3,(H,15,19)(H,16,20)(H,17,18). The van der Waals surface area contributed by atoms with Crippen LogP contribution in [0.4, 0.5) is 0 Å². The van der Waals surface area contributed by atoms with E-state index >= 15 is 0 Å². The number of rotatable bonds is 7. The molecule has 0 aromatic heterocycles. The van der Waals surface area contributed by atoms with Crippen molar-refractivity contribution < 1.29 is 19.5 Å². The van der Waals surface area contributed by atoms with Crippen LogP contribution in [0.15, 0.2) is 0 Å². The summed E-state index contributed by atoms with van der Waals surface area (Å²) in [7, 11) is 0. The molecule has 2 amide bonds. The third-order valence-corrected chi connectivity index (χ3v) is 3.03. The molecule has 0 saturated heterocycles. The number of aliphatic carboxylic acids is 1. The fourth-order valence-corrected chi connectivity index (χ4v) is 1.48. The highest BCUT2D eigenvalue weighted by Gasteiger charge is 2.25. The van der Waals surface area contributed by atoms with Crippen molar-refractivity contribution in [2.75, 3.05) is 6.54 Å². The molecule has 0 spiro atoms. The first-order chi connectivity index (χ1) is 9.07. The van der Waals surface area contributed by atoms with Crippen molar-refractivity contribution >= 4 is 17.8 Å². The van der Waals surface area contributed by atoms with Gasteiger partial charge in [0, 0.05) is 18.4 Å². The van der Waals surface area contributed by atoms with E-state index < -0.39 is 17.4 Å². The highest BCUT2D eigenvalue weighted by atomic mass is 16.4. The normalized spacial score (nSPS) is 14.2. The number of nitrogens with one attached hydrogen (secondary N) is 2. The minimum absolute atomic E-state index is 0.0273. The predicted molar refractivity (Wildman–Crippen MR) is 76.1 cm³/mol. The Morgan fingerprint density at radius 1 is 1.20 bits per heavy atom. The number of hydrogen-bond acceptors (Lipinski definition) is 3. The van der Waals surface area contributed by atoms with Crippen LogP contribution in [0, 0.1) is 11.3 Å². The van der Waals surface area contributed by atoms with Crippen molar-refractivity contribution in [1.82, 2.24) is 10.6 Å². The largest absolute Gasteiger partial charge is 0.481 e. The maximum atomic E-state index is 11.8. The van der Waals surface area contributed by atoms with Crippen LogP contribution in [0.25, 0.3) is 0 Å². The summed E-state index contributed by atoms with van der Waals surface area (Å²) in [6, 6.07) is -0.635. The molecule has 0 heterocycles. The van der Waals surface area contributed by atoms with Crippen LogP contribution in [0.1, 0.15) is 47.5 Å². The van der Waals surface area contributed by atoms with E-state index in [-0.39, 0.29) is 24.2 Å². The molecule has 6 nitrogen and oxygen atoms in total. The Balaban J connectivity index is 4.26. The van der Waals surface area contributed by atoms with Gasteiger partial charge in [0.1, 0.15) is 6.04 Å². The second-order valence-electron chi connectivity index (χ2n) is 6.06. The van der Waals surface area contributed by atoms with E-state index in [1.54, 1.807) is 27.7 Å². The second-order valence-corrected chi connectivity index (χ2v) is 6.06. The summed E-state index contributed by atoms with van der Waals surface area (Å²) in [5, 5.41) is 14.0. The maximum absolute atomic E-state index is 11.8. The molecular weight excluding hydrogens is 260 g/mol. The van der Waals surface area contributed by atoms with Gasteiger partial charge in [-0.1, -0.05) is 34.1 Å². The average molecular weight is 286 g/mol. The lowest BCUT2D eigenvalue weighted by molar-refractivity contribution is -0.138. The van der Waals surface area contributed by atoms with Crippen molar-refractivity contribution in [2.45, 2.75) is 53.5 Å². The molecule has 20 heavy (non-hydrogen) atoms. The number of carbonyl (C=O) groups excluding carboxylic acids is 2. The van der Waals surface area contributed by atoms with E-state index in [4.69, 9.17) is 5.11 Å². The minimum atomic E-state index is -0.875. The first-order valence-electron chi connectivity index (χ1n) is 6.88. The van der Waals surface area contributed by atoms with Crippen LogP contribution in [0.3, 0.4) is 0 Å². The molecule has 0 fully saturated rings. The molecule has 0 radical (unpaired) electrons. The summed E-state index contributed by atoms with van der Waals surface area (Å²) >= 11 is 0.